The molecular formula is C12H22N2S. The highest BCUT2D eigenvalue weighted by molar-refractivity contribution is 7.15. The maximum Gasteiger partial charge on any atom is 0.180 e. The minimum atomic E-state index is 0.622. The van der Waals surface area contributed by atoms with Crippen LogP contribution >= 0.6 is 11.3 Å². The lowest BCUT2D eigenvalue weighted by molar-refractivity contribution is 0.582. The first-order valence-corrected chi connectivity index (χ1v) is 6.69. The average molecular weight is 226 g/mol. The second-order valence-electron chi connectivity index (χ2n) is 4.25. The van der Waals surface area contributed by atoms with Crippen molar-refractivity contribution < 1.29 is 0 Å². The molecule has 0 saturated carbocycles. The number of aromatic nitrogens is 1. The lowest BCUT2D eigenvalue weighted by atomic mass is 10.0. The van der Waals surface area contributed by atoms with Crippen molar-refractivity contribution in [1.82, 2.24) is 4.98 Å². The smallest absolute Gasteiger partial charge is 0.180 e. The SMILES string of the molecule is CCCCCCC(C)c1sc(N)nc1C. The number of nitrogen functional groups attached to an aromatic ring is 1. The summed E-state index contributed by atoms with van der Waals surface area (Å²) >= 11 is 1.65. The molecule has 0 radical (unpaired) electrons. The number of unbranched alkanes of at least 4 members (excludes halogenated alkanes) is 3. The van der Waals surface area contributed by atoms with Gasteiger partial charge >= 0.3 is 0 Å². The zero-order valence-corrected chi connectivity index (χ0v) is 10.9. The molecule has 86 valence electrons. The average Bonchev–Trinajstić information content (AvgIpc) is 2.52. The molecule has 0 aliphatic heterocycles. The molecule has 0 bridgehead atoms. The summed E-state index contributed by atoms with van der Waals surface area (Å²) in [5, 5.41) is 0.711. The van der Waals surface area contributed by atoms with Crippen LogP contribution in [0.15, 0.2) is 0 Å². The number of rotatable bonds is 6. The third kappa shape index (κ3) is 3.82. The molecule has 0 amide bonds. The highest BCUT2D eigenvalue weighted by Crippen LogP contribution is 2.31. The predicted molar refractivity (Wildman–Crippen MR) is 68.4 cm³/mol. The van der Waals surface area contributed by atoms with E-state index in [1.54, 1.807) is 11.3 Å². The third-order valence-corrected chi connectivity index (χ3v) is 4.01. The Labute approximate surface area is 96.9 Å². The van der Waals surface area contributed by atoms with Gasteiger partial charge in [-0.1, -0.05) is 39.5 Å². The Morgan fingerprint density at radius 2 is 2.07 bits per heavy atom. The normalized spacial score (nSPS) is 13.0. The van der Waals surface area contributed by atoms with Gasteiger partial charge in [-0.2, -0.15) is 0 Å². The lowest BCUT2D eigenvalue weighted by Gasteiger charge is -2.09. The summed E-state index contributed by atoms with van der Waals surface area (Å²) in [6.07, 6.45) is 6.61. The Kier molecular flexibility index (Phi) is 5.09. The van der Waals surface area contributed by atoms with E-state index in [-0.39, 0.29) is 0 Å². The summed E-state index contributed by atoms with van der Waals surface area (Å²) in [6, 6.07) is 0. The molecule has 3 heteroatoms. The number of hydrogen-bond donors (Lipinski definition) is 1. The van der Waals surface area contributed by atoms with Crippen molar-refractivity contribution in [2.75, 3.05) is 5.73 Å². The number of nitrogens with two attached hydrogens (primary N) is 1. The van der Waals surface area contributed by atoms with Gasteiger partial charge in [-0.25, -0.2) is 4.98 Å². The van der Waals surface area contributed by atoms with Crippen molar-refractivity contribution in [3.8, 4) is 0 Å². The van der Waals surface area contributed by atoms with Gasteiger partial charge in [0.1, 0.15) is 0 Å². The van der Waals surface area contributed by atoms with Gasteiger partial charge in [-0.15, -0.1) is 11.3 Å². The Balaban J connectivity index is 2.39. The number of aryl methyl sites for hydroxylation is 1. The standard InChI is InChI=1S/C12H22N2S/c1-4-5-6-7-8-9(2)11-10(3)14-12(13)15-11/h9H,4-8H2,1-3H3,(H2,13,14). The van der Waals surface area contributed by atoms with Crippen LogP contribution in [0.1, 0.15) is 62.4 Å². The summed E-state index contributed by atoms with van der Waals surface area (Å²) in [4.78, 5) is 5.65. The van der Waals surface area contributed by atoms with Gasteiger partial charge in [0.05, 0.1) is 5.69 Å². The van der Waals surface area contributed by atoms with Crippen LogP contribution in [0.5, 0.6) is 0 Å². The molecule has 1 atom stereocenters. The molecule has 0 aromatic carbocycles. The molecule has 1 rings (SSSR count). The van der Waals surface area contributed by atoms with E-state index >= 15 is 0 Å². The highest BCUT2D eigenvalue weighted by Gasteiger charge is 2.12. The lowest BCUT2D eigenvalue weighted by Crippen LogP contribution is -1.93. The first kappa shape index (κ1) is 12.5. The Bertz CT molecular complexity index is 294. The van der Waals surface area contributed by atoms with Crippen LogP contribution in [0.3, 0.4) is 0 Å². The molecular weight excluding hydrogens is 204 g/mol. The summed E-state index contributed by atoms with van der Waals surface area (Å²) in [7, 11) is 0. The molecule has 0 saturated heterocycles. The number of thiazole rings is 1. The fourth-order valence-electron chi connectivity index (χ4n) is 1.90. The maximum absolute atomic E-state index is 5.70. The van der Waals surface area contributed by atoms with E-state index < -0.39 is 0 Å². The van der Waals surface area contributed by atoms with Crippen molar-refractivity contribution in [1.29, 1.82) is 0 Å². The summed E-state index contributed by atoms with van der Waals surface area (Å²) in [5.74, 6) is 0.622. The predicted octanol–water partition coefficient (Wildman–Crippen LogP) is 4.11. The fraction of sp³-hybridized carbons (Fsp3) is 0.750. The monoisotopic (exact) mass is 226 g/mol. The van der Waals surface area contributed by atoms with E-state index in [0.29, 0.717) is 11.0 Å². The van der Waals surface area contributed by atoms with E-state index in [1.165, 1.54) is 37.0 Å². The Morgan fingerprint density at radius 3 is 2.60 bits per heavy atom. The van der Waals surface area contributed by atoms with Crippen LogP contribution in [0.25, 0.3) is 0 Å². The second-order valence-corrected chi connectivity index (χ2v) is 5.31. The first-order valence-electron chi connectivity index (χ1n) is 5.88. The molecule has 1 aromatic rings. The van der Waals surface area contributed by atoms with Gasteiger partial charge in [0.15, 0.2) is 5.13 Å². The van der Waals surface area contributed by atoms with E-state index in [1.807, 2.05) is 0 Å². The van der Waals surface area contributed by atoms with Crippen LogP contribution in [0.4, 0.5) is 5.13 Å². The van der Waals surface area contributed by atoms with Gasteiger partial charge in [0.25, 0.3) is 0 Å². The van der Waals surface area contributed by atoms with Crippen LogP contribution in [-0.4, -0.2) is 4.98 Å². The maximum atomic E-state index is 5.70. The molecule has 1 aromatic heterocycles. The largest absolute Gasteiger partial charge is 0.375 e. The molecule has 15 heavy (non-hydrogen) atoms. The minimum Gasteiger partial charge on any atom is -0.375 e. The summed E-state index contributed by atoms with van der Waals surface area (Å²) in [5.41, 5.74) is 6.83. The summed E-state index contributed by atoms with van der Waals surface area (Å²) < 4.78 is 0. The van der Waals surface area contributed by atoms with Gasteiger partial charge < -0.3 is 5.73 Å². The fourth-order valence-corrected chi connectivity index (χ4v) is 2.82. The van der Waals surface area contributed by atoms with Crippen LogP contribution < -0.4 is 5.73 Å². The highest BCUT2D eigenvalue weighted by atomic mass is 32.1. The zero-order valence-electron chi connectivity index (χ0n) is 10.0. The van der Waals surface area contributed by atoms with Crippen molar-refractivity contribution in [2.45, 2.75) is 58.8 Å². The number of nitrogens with zero attached hydrogens (tertiary/aromatic N) is 1. The van der Waals surface area contributed by atoms with E-state index in [4.69, 9.17) is 5.73 Å². The third-order valence-electron chi connectivity index (χ3n) is 2.79. The van der Waals surface area contributed by atoms with Crippen LogP contribution in [0, 0.1) is 6.92 Å². The Hall–Kier alpha value is -0.570. The van der Waals surface area contributed by atoms with E-state index in [9.17, 15) is 0 Å². The first-order chi connectivity index (χ1) is 7.15. The zero-order chi connectivity index (χ0) is 11.3. The molecule has 0 fully saturated rings. The molecule has 2 nitrogen and oxygen atoms in total. The van der Waals surface area contributed by atoms with Crippen molar-refractivity contribution in [2.24, 2.45) is 0 Å². The molecule has 1 heterocycles. The Morgan fingerprint density at radius 1 is 1.33 bits per heavy atom. The van der Waals surface area contributed by atoms with E-state index in [0.717, 1.165) is 5.69 Å². The van der Waals surface area contributed by atoms with Gasteiger partial charge in [-0.05, 0) is 19.3 Å². The van der Waals surface area contributed by atoms with Crippen LogP contribution in [0.2, 0.25) is 0 Å². The molecule has 0 aliphatic carbocycles. The minimum absolute atomic E-state index is 0.622. The summed E-state index contributed by atoms with van der Waals surface area (Å²) in [6.45, 7) is 6.59. The van der Waals surface area contributed by atoms with Crippen molar-refractivity contribution in [3.63, 3.8) is 0 Å². The van der Waals surface area contributed by atoms with Gasteiger partial charge in [0, 0.05) is 4.88 Å². The van der Waals surface area contributed by atoms with Gasteiger partial charge in [0.2, 0.25) is 0 Å². The molecule has 0 spiro atoms. The molecule has 0 aliphatic rings. The van der Waals surface area contributed by atoms with Crippen molar-refractivity contribution >= 4 is 16.5 Å². The number of hydrogen-bond acceptors (Lipinski definition) is 3. The van der Waals surface area contributed by atoms with E-state index in [2.05, 4.69) is 25.8 Å². The second kappa shape index (κ2) is 6.11. The quantitative estimate of drug-likeness (QED) is 0.741. The topological polar surface area (TPSA) is 38.9 Å². The van der Waals surface area contributed by atoms with Crippen molar-refractivity contribution in [3.05, 3.63) is 10.6 Å². The molecule has 2 N–H and O–H groups in total. The van der Waals surface area contributed by atoms with Crippen LogP contribution in [-0.2, 0) is 0 Å². The molecule has 1 unspecified atom stereocenters. The van der Waals surface area contributed by atoms with Gasteiger partial charge in [-0.3, -0.25) is 0 Å². The number of anilines is 1.